The molecule has 1 N–H and O–H groups in total. The van der Waals surface area contributed by atoms with Gasteiger partial charge in [0, 0.05) is 18.0 Å². The molecule has 2 rings (SSSR count). The molecule has 1 heterocycles. The standard InChI is InChI=1S/C16H26N2O2S2/c1-14-5-3-11-18(13-14)12-4-10-17-22(19,20)16-8-6-15(21-2)7-9-16/h6-9,14,17H,3-5,10-13H2,1-2H3/t14-/m0/s1. The molecule has 1 aromatic rings. The lowest BCUT2D eigenvalue weighted by Gasteiger charge is -2.30. The topological polar surface area (TPSA) is 49.4 Å². The van der Waals surface area contributed by atoms with Crippen LogP contribution in [-0.4, -0.2) is 45.8 Å². The first-order valence-electron chi connectivity index (χ1n) is 7.87. The zero-order chi connectivity index (χ0) is 16.0. The lowest BCUT2D eigenvalue weighted by atomic mass is 10.0. The second kappa shape index (κ2) is 8.34. The van der Waals surface area contributed by atoms with Crippen molar-refractivity contribution in [1.29, 1.82) is 0 Å². The second-order valence-corrected chi connectivity index (χ2v) is 8.62. The maximum atomic E-state index is 12.2. The van der Waals surface area contributed by atoms with Gasteiger partial charge in [-0.15, -0.1) is 11.8 Å². The van der Waals surface area contributed by atoms with Crippen molar-refractivity contribution in [2.45, 2.75) is 36.0 Å². The molecular weight excluding hydrogens is 316 g/mol. The molecule has 124 valence electrons. The van der Waals surface area contributed by atoms with E-state index in [-0.39, 0.29) is 0 Å². The van der Waals surface area contributed by atoms with Crippen molar-refractivity contribution < 1.29 is 8.42 Å². The van der Waals surface area contributed by atoms with E-state index in [4.69, 9.17) is 0 Å². The Kier molecular flexibility index (Phi) is 6.74. The lowest BCUT2D eigenvalue weighted by molar-refractivity contribution is 0.182. The van der Waals surface area contributed by atoms with E-state index in [9.17, 15) is 8.42 Å². The van der Waals surface area contributed by atoms with Gasteiger partial charge in [-0.05, 0) is 68.8 Å². The molecule has 1 aromatic carbocycles. The molecule has 0 aromatic heterocycles. The molecule has 0 amide bonds. The normalized spacial score (nSPS) is 20.2. The Morgan fingerprint density at radius 1 is 1.32 bits per heavy atom. The maximum absolute atomic E-state index is 12.2. The molecule has 0 bridgehead atoms. The molecule has 1 aliphatic heterocycles. The van der Waals surface area contributed by atoms with Crippen LogP contribution in [0.5, 0.6) is 0 Å². The SMILES string of the molecule is CSc1ccc(S(=O)(=O)NCCCN2CCC[C@H](C)C2)cc1. The van der Waals surface area contributed by atoms with Gasteiger partial charge in [-0.2, -0.15) is 0 Å². The van der Waals surface area contributed by atoms with Crippen LogP contribution in [0.2, 0.25) is 0 Å². The van der Waals surface area contributed by atoms with E-state index in [1.165, 1.54) is 12.8 Å². The van der Waals surface area contributed by atoms with Gasteiger partial charge < -0.3 is 4.90 Å². The first-order chi connectivity index (χ1) is 10.5. The molecule has 1 fully saturated rings. The number of thioether (sulfide) groups is 1. The van der Waals surface area contributed by atoms with Crippen LogP contribution in [0, 0.1) is 5.92 Å². The Morgan fingerprint density at radius 2 is 2.05 bits per heavy atom. The van der Waals surface area contributed by atoms with E-state index in [1.54, 1.807) is 23.9 Å². The highest BCUT2D eigenvalue weighted by Crippen LogP contribution is 2.18. The van der Waals surface area contributed by atoms with Gasteiger partial charge in [-0.25, -0.2) is 13.1 Å². The summed E-state index contributed by atoms with van der Waals surface area (Å²) in [5.41, 5.74) is 0. The van der Waals surface area contributed by atoms with E-state index < -0.39 is 10.0 Å². The minimum atomic E-state index is -3.38. The van der Waals surface area contributed by atoms with Crippen LogP contribution in [0.15, 0.2) is 34.1 Å². The van der Waals surface area contributed by atoms with Gasteiger partial charge in [0.15, 0.2) is 0 Å². The van der Waals surface area contributed by atoms with Gasteiger partial charge in [0.25, 0.3) is 0 Å². The minimum absolute atomic E-state index is 0.344. The molecule has 4 nitrogen and oxygen atoms in total. The van der Waals surface area contributed by atoms with Gasteiger partial charge in [0.05, 0.1) is 4.90 Å². The number of piperidine rings is 1. The van der Waals surface area contributed by atoms with Crippen molar-refractivity contribution in [3.05, 3.63) is 24.3 Å². The number of likely N-dealkylation sites (tertiary alicyclic amines) is 1. The van der Waals surface area contributed by atoms with E-state index in [0.29, 0.717) is 11.4 Å². The van der Waals surface area contributed by atoms with Crippen LogP contribution < -0.4 is 4.72 Å². The van der Waals surface area contributed by atoms with Gasteiger partial charge in [0.1, 0.15) is 0 Å². The van der Waals surface area contributed by atoms with Gasteiger partial charge in [-0.1, -0.05) is 6.92 Å². The van der Waals surface area contributed by atoms with Crippen molar-refractivity contribution in [1.82, 2.24) is 9.62 Å². The summed E-state index contributed by atoms with van der Waals surface area (Å²) in [5.74, 6) is 0.764. The Bertz CT molecular complexity index is 558. The summed E-state index contributed by atoms with van der Waals surface area (Å²) in [7, 11) is -3.38. The van der Waals surface area contributed by atoms with Crippen molar-refractivity contribution in [3.8, 4) is 0 Å². The summed E-state index contributed by atoms with van der Waals surface area (Å²) < 4.78 is 27.1. The summed E-state index contributed by atoms with van der Waals surface area (Å²) in [4.78, 5) is 3.85. The van der Waals surface area contributed by atoms with Gasteiger partial charge >= 0.3 is 0 Å². The van der Waals surface area contributed by atoms with E-state index in [2.05, 4.69) is 16.5 Å². The smallest absolute Gasteiger partial charge is 0.240 e. The number of nitrogens with zero attached hydrogens (tertiary/aromatic N) is 1. The minimum Gasteiger partial charge on any atom is -0.303 e. The summed E-state index contributed by atoms with van der Waals surface area (Å²) in [5, 5.41) is 0. The second-order valence-electron chi connectivity index (χ2n) is 5.97. The number of sulfonamides is 1. The number of nitrogens with one attached hydrogen (secondary N) is 1. The van der Waals surface area contributed by atoms with Crippen LogP contribution in [0.3, 0.4) is 0 Å². The van der Waals surface area contributed by atoms with E-state index >= 15 is 0 Å². The van der Waals surface area contributed by atoms with E-state index in [1.807, 2.05) is 18.4 Å². The van der Waals surface area contributed by atoms with Crippen molar-refractivity contribution >= 4 is 21.8 Å². The zero-order valence-corrected chi connectivity index (χ0v) is 15.0. The fourth-order valence-corrected chi connectivity index (χ4v) is 4.32. The molecule has 22 heavy (non-hydrogen) atoms. The molecule has 0 radical (unpaired) electrons. The third kappa shape index (κ3) is 5.26. The van der Waals surface area contributed by atoms with Crippen LogP contribution in [0.4, 0.5) is 0 Å². The van der Waals surface area contributed by atoms with Crippen LogP contribution >= 0.6 is 11.8 Å². The molecule has 1 atom stereocenters. The highest BCUT2D eigenvalue weighted by Gasteiger charge is 2.16. The fraction of sp³-hybridized carbons (Fsp3) is 0.625. The van der Waals surface area contributed by atoms with Gasteiger partial charge in [0.2, 0.25) is 10.0 Å². The highest BCUT2D eigenvalue weighted by atomic mass is 32.2. The first-order valence-corrected chi connectivity index (χ1v) is 10.6. The summed E-state index contributed by atoms with van der Waals surface area (Å²) >= 11 is 1.60. The fourth-order valence-electron chi connectivity index (χ4n) is 2.84. The molecule has 0 saturated carbocycles. The molecule has 1 aliphatic rings. The number of rotatable bonds is 7. The van der Waals surface area contributed by atoms with Crippen LogP contribution in [0.1, 0.15) is 26.2 Å². The summed E-state index contributed by atoms with van der Waals surface area (Å²) in [6, 6.07) is 7.02. The Morgan fingerprint density at radius 3 is 2.68 bits per heavy atom. The number of hydrogen-bond donors (Lipinski definition) is 1. The highest BCUT2D eigenvalue weighted by molar-refractivity contribution is 7.98. The number of benzene rings is 1. The third-order valence-electron chi connectivity index (χ3n) is 4.05. The van der Waals surface area contributed by atoms with Crippen molar-refractivity contribution in [2.75, 3.05) is 32.4 Å². The summed E-state index contributed by atoms with van der Waals surface area (Å²) in [6.07, 6.45) is 5.40. The predicted octanol–water partition coefficient (Wildman–Crippen LogP) is 2.81. The lowest BCUT2D eigenvalue weighted by Crippen LogP contribution is -2.36. The largest absolute Gasteiger partial charge is 0.303 e. The van der Waals surface area contributed by atoms with Gasteiger partial charge in [-0.3, -0.25) is 0 Å². The molecule has 0 unspecified atom stereocenters. The third-order valence-corrected chi connectivity index (χ3v) is 6.27. The van der Waals surface area contributed by atoms with E-state index in [0.717, 1.165) is 36.9 Å². The van der Waals surface area contributed by atoms with Crippen molar-refractivity contribution in [3.63, 3.8) is 0 Å². The quantitative estimate of drug-likeness (QED) is 0.611. The maximum Gasteiger partial charge on any atom is 0.240 e. The molecular formula is C16H26N2O2S2. The average molecular weight is 343 g/mol. The monoisotopic (exact) mass is 342 g/mol. The predicted molar refractivity (Wildman–Crippen MR) is 92.9 cm³/mol. The molecule has 0 aliphatic carbocycles. The van der Waals surface area contributed by atoms with Crippen molar-refractivity contribution in [2.24, 2.45) is 5.92 Å². The Balaban J connectivity index is 1.77. The Labute approximate surface area is 138 Å². The number of hydrogen-bond acceptors (Lipinski definition) is 4. The average Bonchev–Trinajstić information content (AvgIpc) is 2.52. The summed E-state index contributed by atoms with van der Waals surface area (Å²) in [6.45, 7) is 6.04. The van der Waals surface area contributed by atoms with Crippen LogP contribution in [-0.2, 0) is 10.0 Å². The zero-order valence-electron chi connectivity index (χ0n) is 13.4. The molecule has 6 heteroatoms. The first kappa shape index (κ1) is 17.8. The molecule has 0 spiro atoms. The molecule has 1 saturated heterocycles. The Hall–Kier alpha value is -0.560. The van der Waals surface area contributed by atoms with Crippen LogP contribution in [0.25, 0.3) is 0 Å².